The van der Waals surface area contributed by atoms with Gasteiger partial charge < -0.3 is 33.5 Å². The summed E-state index contributed by atoms with van der Waals surface area (Å²) in [5.74, 6) is -2.47. The average molecular weight is 685 g/mol. The van der Waals surface area contributed by atoms with Crippen molar-refractivity contribution in [1.82, 2.24) is 0 Å². The van der Waals surface area contributed by atoms with E-state index >= 15 is 0 Å². The Morgan fingerprint density at radius 2 is 1.59 bits per heavy atom. The van der Waals surface area contributed by atoms with Crippen LogP contribution in [0.15, 0.2) is 35.9 Å². The molecular weight excluding hydrogens is 632 g/mol. The minimum atomic E-state index is -1.32. The van der Waals surface area contributed by atoms with E-state index in [-0.39, 0.29) is 19.1 Å². The van der Waals surface area contributed by atoms with E-state index in [9.17, 15) is 24.3 Å². The largest absolute Gasteiger partial charge is 0.496 e. The molecule has 0 bridgehead atoms. The molecular formula is C38H52O11. The number of ether oxygens (including phenoxy) is 6. The number of esters is 4. The molecule has 11 nitrogen and oxygen atoms in total. The lowest BCUT2D eigenvalue weighted by atomic mass is 9.36. The monoisotopic (exact) mass is 684 g/mol. The zero-order valence-electron chi connectivity index (χ0n) is 30.0. The van der Waals surface area contributed by atoms with Crippen molar-refractivity contribution in [2.45, 2.75) is 104 Å². The van der Waals surface area contributed by atoms with Gasteiger partial charge in [-0.3, -0.25) is 19.2 Å². The fourth-order valence-corrected chi connectivity index (χ4v) is 10.6. The number of hydrogen-bond donors (Lipinski definition) is 1. The van der Waals surface area contributed by atoms with Gasteiger partial charge in [0.2, 0.25) is 0 Å². The van der Waals surface area contributed by atoms with Gasteiger partial charge >= 0.3 is 23.9 Å². The predicted molar refractivity (Wildman–Crippen MR) is 177 cm³/mol. The number of aliphatic hydroxyl groups is 1. The second-order valence-electron chi connectivity index (χ2n) is 15.1. The van der Waals surface area contributed by atoms with E-state index in [0.29, 0.717) is 44.3 Å². The Balaban J connectivity index is 1.69. The van der Waals surface area contributed by atoms with Crippen molar-refractivity contribution in [2.75, 3.05) is 26.9 Å². The highest BCUT2D eigenvalue weighted by atomic mass is 16.6. The number of rotatable bonds is 10. The van der Waals surface area contributed by atoms with Crippen LogP contribution >= 0.6 is 0 Å². The van der Waals surface area contributed by atoms with Crippen LogP contribution in [0, 0.1) is 34.0 Å². The number of carbonyl (C=O) groups is 4. The topological polar surface area (TPSA) is 144 Å². The van der Waals surface area contributed by atoms with Crippen molar-refractivity contribution in [3.05, 3.63) is 41.5 Å². The number of aryl methyl sites for hydroxylation is 1. The summed E-state index contributed by atoms with van der Waals surface area (Å²) in [6.45, 7) is 12.0. The van der Waals surface area contributed by atoms with Gasteiger partial charge in [0.15, 0.2) is 0 Å². The Hall–Kier alpha value is -3.44. The zero-order valence-corrected chi connectivity index (χ0v) is 30.0. The molecule has 2 saturated carbocycles. The number of methoxy groups -OCH3 is 1. The fourth-order valence-electron chi connectivity index (χ4n) is 10.6. The number of fused-ring (bicyclic) bond motifs is 5. The van der Waals surface area contributed by atoms with Crippen LogP contribution in [0.4, 0.5) is 0 Å². The summed E-state index contributed by atoms with van der Waals surface area (Å²) < 4.78 is 35.9. The first-order chi connectivity index (χ1) is 23.0. The van der Waals surface area contributed by atoms with Crippen LogP contribution in [0.1, 0.15) is 79.7 Å². The van der Waals surface area contributed by atoms with E-state index in [0.717, 1.165) is 11.3 Å². The van der Waals surface area contributed by atoms with Crippen LogP contribution in [-0.2, 0) is 49.3 Å². The van der Waals surface area contributed by atoms with E-state index in [1.165, 1.54) is 27.7 Å². The van der Waals surface area contributed by atoms with Gasteiger partial charge in [0.05, 0.1) is 32.5 Å². The van der Waals surface area contributed by atoms with Crippen LogP contribution in [0.25, 0.3) is 0 Å². The molecule has 4 aliphatic rings. The molecule has 5 rings (SSSR count). The van der Waals surface area contributed by atoms with E-state index in [1.54, 1.807) is 7.11 Å². The molecule has 0 aromatic heterocycles. The highest BCUT2D eigenvalue weighted by Gasteiger charge is 2.76. The van der Waals surface area contributed by atoms with E-state index in [2.05, 4.69) is 6.92 Å². The first kappa shape index (κ1) is 36.8. The van der Waals surface area contributed by atoms with Crippen molar-refractivity contribution in [1.29, 1.82) is 0 Å². The number of para-hydroxylation sites is 1. The minimum absolute atomic E-state index is 0.0705. The molecule has 1 aromatic carbocycles. The van der Waals surface area contributed by atoms with Crippen LogP contribution in [0.2, 0.25) is 0 Å². The molecule has 3 fully saturated rings. The van der Waals surface area contributed by atoms with Gasteiger partial charge in [-0.25, -0.2) is 0 Å². The molecule has 1 N–H and O–H groups in total. The molecule has 10 atom stereocenters. The third-order valence-corrected chi connectivity index (χ3v) is 12.4. The van der Waals surface area contributed by atoms with Crippen molar-refractivity contribution in [3.63, 3.8) is 0 Å². The number of hydrogen-bond acceptors (Lipinski definition) is 11. The summed E-state index contributed by atoms with van der Waals surface area (Å²) in [4.78, 5) is 50.5. The smallest absolute Gasteiger partial charge is 0.303 e. The first-order valence-electron chi connectivity index (χ1n) is 17.3. The molecule has 11 heteroatoms. The predicted octanol–water partition coefficient (Wildman–Crippen LogP) is 4.75. The maximum Gasteiger partial charge on any atom is 0.303 e. The molecule has 1 aromatic rings. The Bertz CT molecular complexity index is 1490. The molecule has 270 valence electrons. The molecule has 1 saturated heterocycles. The lowest BCUT2D eigenvalue weighted by molar-refractivity contribution is -0.287. The molecule has 1 aliphatic heterocycles. The standard InChI is InChI=1S/C38H52O11/c1-22-19-31(47-24(3)40)36(7)29(38(22,43)16-13-27-11-9-10-12-28(27)44-8)14-15-35(6)30-20-45-21-37(30,17-18-46-23(2)39)34(49-26(5)42)32(33(35)36)48-25(4)41/h9-12,19,29-34,43H,13-18,20-21H2,1-8H3/t29-,30+,31-,32+,33?,34+,35+,36-,37+,38-/m1/s1. The SMILES string of the molecule is COc1ccccc1CC[C@@]1(O)C(C)=C[C@@H](OC(C)=O)[C@]2(C)C3[C@H](OC(C)=O)[C@H](OC(C)=O)[C@@]4(CCOC(C)=O)COC[C@H]4[C@]3(C)CC[C@H]21. The molecule has 1 unspecified atom stereocenters. The molecule has 0 spiro atoms. The van der Waals surface area contributed by atoms with Gasteiger partial charge in [-0.1, -0.05) is 32.0 Å². The Labute approximate surface area is 289 Å². The summed E-state index contributed by atoms with van der Waals surface area (Å²) in [7, 11) is 1.62. The van der Waals surface area contributed by atoms with Crippen molar-refractivity contribution >= 4 is 23.9 Å². The molecule has 0 amide bonds. The summed E-state index contributed by atoms with van der Waals surface area (Å²) in [5.41, 5.74) is -2.08. The third-order valence-electron chi connectivity index (χ3n) is 12.4. The van der Waals surface area contributed by atoms with Gasteiger partial charge in [0, 0.05) is 50.4 Å². The van der Waals surface area contributed by atoms with E-state index in [4.69, 9.17) is 28.4 Å². The maximum absolute atomic E-state index is 13.0. The fraction of sp³-hybridized carbons (Fsp3) is 0.684. The quantitative estimate of drug-likeness (QED) is 0.207. The summed E-state index contributed by atoms with van der Waals surface area (Å²) in [5, 5.41) is 12.9. The van der Waals surface area contributed by atoms with Gasteiger partial charge in [-0.05, 0) is 73.6 Å². The molecule has 0 radical (unpaired) electrons. The third kappa shape index (κ3) is 6.26. The average Bonchev–Trinajstić information content (AvgIpc) is 3.46. The number of carbonyl (C=O) groups excluding carboxylic acids is 4. The number of benzene rings is 1. The van der Waals surface area contributed by atoms with Crippen LogP contribution < -0.4 is 4.74 Å². The normalized spacial score (nSPS) is 37.8. The van der Waals surface area contributed by atoms with Crippen molar-refractivity contribution < 1.29 is 52.7 Å². The molecule has 1 heterocycles. The van der Waals surface area contributed by atoms with Crippen molar-refractivity contribution in [2.24, 2.45) is 34.0 Å². The van der Waals surface area contributed by atoms with Crippen LogP contribution in [0.3, 0.4) is 0 Å². The molecule has 49 heavy (non-hydrogen) atoms. The summed E-state index contributed by atoms with van der Waals surface area (Å²) in [6.07, 6.45) is 1.55. The first-order valence-corrected chi connectivity index (χ1v) is 17.3. The summed E-state index contributed by atoms with van der Waals surface area (Å²) in [6, 6.07) is 7.73. The van der Waals surface area contributed by atoms with Gasteiger partial charge in [-0.2, -0.15) is 0 Å². The zero-order chi connectivity index (χ0) is 35.9. The lowest BCUT2D eigenvalue weighted by Crippen LogP contribution is -2.74. The van der Waals surface area contributed by atoms with Crippen molar-refractivity contribution in [3.8, 4) is 5.75 Å². The van der Waals surface area contributed by atoms with E-state index in [1.807, 2.05) is 44.2 Å². The lowest BCUT2D eigenvalue weighted by Gasteiger charge is -2.70. The second kappa shape index (κ2) is 13.7. The van der Waals surface area contributed by atoms with Gasteiger partial charge in [0.25, 0.3) is 0 Å². The Morgan fingerprint density at radius 1 is 0.918 bits per heavy atom. The van der Waals surface area contributed by atoms with Gasteiger partial charge in [-0.15, -0.1) is 0 Å². The van der Waals surface area contributed by atoms with E-state index < -0.39 is 75.9 Å². The second-order valence-corrected chi connectivity index (χ2v) is 15.1. The van der Waals surface area contributed by atoms with Gasteiger partial charge in [0.1, 0.15) is 24.1 Å². The Morgan fingerprint density at radius 3 is 2.22 bits per heavy atom. The Kier molecular flexibility index (Phi) is 10.3. The molecule has 3 aliphatic carbocycles. The van der Waals surface area contributed by atoms with Crippen LogP contribution in [0.5, 0.6) is 5.75 Å². The summed E-state index contributed by atoms with van der Waals surface area (Å²) >= 11 is 0. The minimum Gasteiger partial charge on any atom is -0.496 e. The highest BCUT2D eigenvalue weighted by Crippen LogP contribution is 2.72. The highest BCUT2D eigenvalue weighted by molar-refractivity contribution is 5.68. The maximum atomic E-state index is 13.0. The van der Waals surface area contributed by atoms with Crippen LogP contribution in [-0.4, -0.2) is 79.8 Å².